The van der Waals surface area contributed by atoms with Crippen LogP contribution < -0.4 is 0 Å². The topological polar surface area (TPSA) is 160 Å². The van der Waals surface area contributed by atoms with Gasteiger partial charge in [0.2, 0.25) is 5.91 Å². The lowest BCUT2D eigenvalue weighted by atomic mass is 9.79. The number of carbonyl (C=O) groups is 4. The molecular weight excluding hydrogens is 787 g/mol. The van der Waals surface area contributed by atoms with Crippen LogP contribution in [0.25, 0.3) is 0 Å². The lowest BCUT2D eigenvalue weighted by Gasteiger charge is -2.34. The van der Waals surface area contributed by atoms with Crippen LogP contribution >= 0.6 is 0 Å². The lowest BCUT2D eigenvalue weighted by Crippen LogP contribution is -2.47. The van der Waals surface area contributed by atoms with E-state index in [0.29, 0.717) is 62.5 Å². The highest BCUT2D eigenvalue weighted by atomic mass is 16.5. The van der Waals surface area contributed by atoms with Crippen LogP contribution in [0.2, 0.25) is 0 Å². The maximum Gasteiger partial charge on any atom is 0.329 e. The van der Waals surface area contributed by atoms with Gasteiger partial charge in [-0.25, -0.2) is 4.79 Å². The summed E-state index contributed by atoms with van der Waals surface area (Å²) in [4.78, 5) is 57.2. The number of fused-ring (bicyclic) bond motifs is 1. The molecule has 1 amide bonds. The first-order chi connectivity index (χ1) is 29.2. The molecule has 0 spiro atoms. The van der Waals surface area contributed by atoms with Crippen LogP contribution in [-0.2, 0) is 33.4 Å². The molecule has 1 saturated heterocycles. The minimum absolute atomic E-state index is 0.0559. The van der Waals surface area contributed by atoms with E-state index in [1.807, 2.05) is 52.0 Å². The van der Waals surface area contributed by atoms with Crippen molar-refractivity contribution in [3.05, 3.63) is 47.6 Å². The van der Waals surface area contributed by atoms with Crippen molar-refractivity contribution in [3.63, 3.8) is 0 Å². The molecule has 3 rings (SSSR count). The number of amides is 1. The van der Waals surface area contributed by atoms with Gasteiger partial charge in [0, 0.05) is 39.0 Å². The molecule has 12 atom stereocenters. The summed E-state index contributed by atoms with van der Waals surface area (Å²) in [6.07, 6.45) is 15.8. The molecule has 62 heavy (non-hydrogen) atoms. The van der Waals surface area contributed by atoms with Gasteiger partial charge in [0.05, 0.1) is 24.2 Å². The van der Waals surface area contributed by atoms with E-state index in [4.69, 9.17) is 14.2 Å². The smallest absolute Gasteiger partial charge is 0.329 e. The number of allylic oxidation sites excluding steroid dienone is 6. The summed E-state index contributed by atoms with van der Waals surface area (Å²) < 4.78 is 17.7. The number of hydrogen-bond acceptors (Lipinski definition) is 10. The van der Waals surface area contributed by atoms with Gasteiger partial charge in [-0.05, 0) is 126 Å². The molecule has 0 aromatic heterocycles. The number of aliphatic hydroxyl groups excluding tert-OH is 2. The molecule has 1 aliphatic carbocycles. The molecule has 1 saturated carbocycles. The minimum atomic E-state index is -1.29. The number of aliphatic hydroxyl groups is 3. The number of ketones is 2. The van der Waals surface area contributed by atoms with E-state index >= 15 is 0 Å². The first-order valence-electron chi connectivity index (χ1n) is 23.6. The Labute approximate surface area is 373 Å². The van der Waals surface area contributed by atoms with Crippen molar-refractivity contribution in [1.82, 2.24) is 4.90 Å². The first-order valence-corrected chi connectivity index (χ1v) is 23.6. The fraction of sp³-hybridized carbons (Fsp3) is 0.765. The number of nitrogens with zero attached hydrogens (tertiary/aromatic N) is 1. The summed E-state index contributed by atoms with van der Waals surface area (Å²) in [5, 5.41) is 33.2. The van der Waals surface area contributed by atoms with Gasteiger partial charge >= 0.3 is 5.97 Å². The number of carbonyl (C=O) groups excluding carboxylic acids is 4. The Morgan fingerprint density at radius 1 is 0.871 bits per heavy atom. The maximum atomic E-state index is 14.1. The highest BCUT2D eigenvalue weighted by molar-refractivity contribution is 5.87. The highest BCUT2D eigenvalue weighted by Gasteiger charge is 2.41. The van der Waals surface area contributed by atoms with Crippen molar-refractivity contribution < 1.29 is 48.7 Å². The molecule has 2 fully saturated rings. The van der Waals surface area contributed by atoms with Crippen molar-refractivity contribution in [2.24, 2.45) is 41.4 Å². The van der Waals surface area contributed by atoms with Crippen LogP contribution in [0.5, 0.6) is 0 Å². The normalized spacial score (nSPS) is 39.9. The van der Waals surface area contributed by atoms with Crippen molar-refractivity contribution in [1.29, 1.82) is 0 Å². The zero-order chi connectivity index (χ0) is 46.3. The first kappa shape index (κ1) is 53.4. The zero-order valence-electron chi connectivity index (χ0n) is 40.0. The molecule has 0 bridgehead atoms. The van der Waals surface area contributed by atoms with Crippen molar-refractivity contribution in [3.8, 4) is 0 Å². The van der Waals surface area contributed by atoms with E-state index in [9.17, 15) is 34.5 Å². The van der Waals surface area contributed by atoms with Crippen LogP contribution in [0.3, 0.4) is 0 Å². The zero-order valence-corrected chi connectivity index (χ0v) is 40.0. The Balaban J connectivity index is 1.93. The number of cyclic esters (lactones) is 1. The monoisotopic (exact) mass is 870 g/mol. The third-order valence-corrected chi connectivity index (χ3v) is 14.3. The second-order valence-corrected chi connectivity index (χ2v) is 19.9. The standard InChI is InChI=1S/C51H83NO10/c1-32-16-13-12-14-17-34(3)44(60-10)27-33(2)19-20-39(8)51(9,59)31-46(55)52-25-15-18-42(52)50(58)62-45(36(5)29-40-21-23-41(53)24-22-40)30-43(54)35(4)28-38(7)48(57)49(61-11)47(56)37(6)26-32/h12-14,16-17,28,32-33,35-37,39-42,44-45,48-49,53,57,59H,15,18-27,29-31H2,1-11H3/b14-12+,16-13+,34-17+,38-28+/t32-,33+,35-,36-,37-,39-,40-,41-,42?,44+,45+,48-,49+,51-/m1/s1. The van der Waals surface area contributed by atoms with Gasteiger partial charge in [-0.15, -0.1) is 0 Å². The van der Waals surface area contributed by atoms with Crippen molar-refractivity contribution >= 4 is 23.4 Å². The average molecular weight is 870 g/mol. The number of ether oxygens (including phenoxy) is 3. The van der Waals surface area contributed by atoms with Gasteiger partial charge in [-0.1, -0.05) is 84.4 Å². The Hall–Kier alpha value is -2.96. The summed E-state index contributed by atoms with van der Waals surface area (Å²) in [6, 6.07) is -0.815. The van der Waals surface area contributed by atoms with E-state index in [1.165, 1.54) is 7.11 Å². The summed E-state index contributed by atoms with van der Waals surface area (Å²) in [6.45, 7) is 17.6. The van der Waals surface area contributed by atoms with Crippen LogP contribution in [0.1, 0.15) is 146 Å². The summed E-state index contributed by atoms with van der Waals surface area (Å²) in [5.74, 6) is -1.95. The van der Waals surface area contributed by atoms with E-state index in [-0.39, 0.29) is 60.3 Å². The van der Waals surface area contributed by atoms with Gasteiger partial charge in [-0.3, -0.25) is 14.4 Å². The Morgan fingerprint density at radius 2 is 1.55 bits per heavy atom. The predicted octanol–water partition coefficient (Wildman–Crippen LogP) is 8.29. The van der Waals surface area contributed by atoms with Gasteiger partial charge in [-0.2, -0.15) is 0 Å². The Bertz CT molecular complexity index is 1570. The second-order valence-electron chi connectivity index (χ2n) is 19.9. The number of Topliss-reactive ketones (excluding diaryl/α,β-unsaturated/α-hetero) is 2. The van der Waals surface area contributed by atoms with E-state index in [1.54, 1.807) is 38.9 Å². The third-order valence-electron chi connectivity index (χ3n) is 14.3. The molecule has 11 nitrogen and oxygen atoms in total. The predicted molar refractivity (Wildman–Crippen MR) is 244 cm³/mol. The van der Waals surface area contributed by atoms with E-state index in [2.05, 4.69) is 19.9 Å². The number of esters is 1. The van der Waals surface area contributed by atoms with Gasteiger partial charge < -0.3 is 34.4 Å². The highest BCUT2D eigenvalue weighted by Crippen LogP contribution is 2.34. The number of methoxy groups -OCH3 is 2. The molecule has 2 heterocycles. The summed E-state index contributed by atoms with van der Waals surface area (Å²) in [5.41, 5.74) is 0.238. The van der Waals surface area contributed by atoms with Crippen LogP contribution in [0.4, 0.5) is 0 Å². The molecule has 352 valence electrons. The second kappa shape index (κ2) is 25.5. The molecule has 0 aromatic carbocycles. The van der Waals surface area contributed by atoms with E-state index < -0.39 is 47.8 Å². The molecule has 0 radical (unpaired) electrons. The lowest BCUT2D eigenvalue weighted by molar-refractivity contribution is -0.163. The molecule has 0 aromatic rings. The fourth-order valence-electron chi connectivity index (χ4n) is 9.61. The molecule has 3 aliphatic rings. The molecule has 1 unspecified atom stereocenters. The Kier molecular flexibility index (Phi) is 22.0. The number of rotatable bonds is 5. The Morgan fingerprint density at radius 3 is 2.19 bits per heavy atom. The molecule has 11 heteroatoms. The van der Waals surface area contributed by atoms with E-state index in [0.717, 1.165) is 37.7 Å². The molecule has 3 N–H and O–H groups in total. The SMILES string of the molecule is CO[C@H]1C[C@@H](C)CC[C@@H](C)[C@](C)(O)CC(=O)N2CCCC2C(=O)O[C@H]([C@H](C)C[C@H]2CC[C@H](O)CC2)CC(=O)[C@H](C)/C=C(\C)[C@@H](O)[C@@H](OC)C(=O)[C@H](C)C[C@H](C)/C=C/C=C/C=C/1C. The summed E-state index contributed by atoms with van der Waals surface area (Å²) >= 11 is 0. The van der Waals surface area contributed by atoms with Gasteiger partial charge in [0.25, 0.3) is 0 Å². The van der Waals surface area contributed by atoms with Gasteiger partial charge in [0.1, 0.15) is 30.1 Å². The summed E-state index contributed by atoms with van der Waals surface area (Å²) in [7, 11) is 3.12. The largest absolute Gasteiger partial charge is 0.460 e. The quantitative estimate of drug-likeness (QED) is 0.181. The molecule has 2 aliphatic heterocycles. The average Bonchev–Trinajstić information content (AvgIpc) is 3.72. The van der Waals surface area contributed by atoms with Crippen LogP contribution in [0, 0.1) is 41.4 Å². The molecular formula is C51H83NO10. The fourth-order valence-corrected chi connectivity index (χ4v) is 9.61. The minimum Gasteiger partial charge on any atom is -0.460 e. The van der Waals surface area contributed by atoms with Crippen LogP contribution in [-0.4, -0.2) is 107 Å². The van der Waals surface area contributed by atoms with Crippen LogP contribution in [0.15, 0.2) is 47.6 Å². The van der Waals surface area contributed by atoms with Gasteiger partial charge in [0.15, 0.2) is 5.78 Å². The van der Waals surface area contributed by atoms with Crippen molar-refractivity contribution in [2.75, 3.05) is 20.8 Å². The maximum absolute atomic E-state index is 14.1. The van der Waals surface area contributed by atoms with Crippen molar-refractivity contribution in [2.45, 2.75) is 188 Å². The number of hydrogen-bond donors (Lipinski definition) is 3. The third kappa shape index (κ3) is 16.2.